The van der Waals surface area contributed by atoms with Crippen molar-refractivity contribution in [3.8, 4) is 5.75 Å². The lowest BCUT2D eigenvalue weighted by Crippen LogP contribution is -2.33. The molecule has 0 aliphatic carbocycles. The van der Waals surface area contributed by atoms with Gasteiger partial charge in [0.15, 0.2) is 0 Å². The van der Waals surface area contributed by atoms with Gasteiger partial charge in [0.2, 0.25) is 0 Å². The Hall–Kier alpha value is -2.30. The van der Waals surface area contributed by atoms with Gasteiger partial charge in [0.05, 0.1) is 6.33 Å². The summed E-state index contributed by atoms with van der Waals surface area (Å²) in [4.78, 5) is 21.3. The Labute approximate surface area is 117 Å². The third-order valence-corrected chi connectivity index (χ3v) is 3.81. The summed E-state index contributed by atoms with van der Waals surface area (Å²) >= 11 is 0. The minimum atomic E-state index is -0.0271. The van der Waals surface area contributed by atoms with Crippen molar-refractivity contribution < 1.29 is 9.90 Å². The van der Waals surface area contributed by atoms with E-state index in [0.717, 1.165) is 24.1 Å². The summed E-state index contributed by atoms with van der Waals surface area (Å²) < 4.78 is 0. The highest BCUT2D eigenvalue weighted by Crippen LogP contribution is 2.21. The maximum Gasteiger partial charge on any atom is 0.274 e. The van der Waals surface area contributed by atoms with Gasteiger partial charge < -0.3 is 15.0 Å². The molecule has 0 saturated carbocycles. The van der Waals surface area contributed by atoms with E-state index in [2.05, 4.69) is 9.97 Å². The van der Waals surface area contributed by atoms with Gasteiger partial charge in [0, 0.05) is 18.8 Å². The second-order valence-electron chi connectivity index (χ2n) is 5.12. The predicted octanol–water partition coefficient (Wildman–Crippen LogP) is 1.66. The SMILES string of the molecule is Cc1[nH]cnc1C(=O)N1CCc2ccc(O)cc2CC1. The van der Waals surface area contributed by atoms with E-state index < -0.39 is 0 Å². The molecule has 1 aliphatic rings. The number of nitrogens with one attached hydrogen (secondary N) is 1. The van der Waals surface area contributed by atoms with Crippen LogP contribution in [0.4, 0.5) is 0 Å². The number of rotatable bonds is 1. The fourth-order valence-corrected chi connectivity index (χ4v) is 2.64. The van der Waals surface area contributed by atoms with Crippen LogP contribution < -0.4 is 0 Å². The number of imidazole rings is 1. The number of nitrogens with zero attached hydrogens (tertiary/aromatic N) is 2. The number of aryl methyl sites for hydroxylation is 1. The maximum atomic E-state index is 12.4. The molecule has 2 aromatic rings. The second kappa shape index (κ2) is 5.00. The average molecular weight is 271 g/mol. The third-order valence-electron chi connectivity index (χ3n) is 3.81. The van der Waals surface area contributed by atoms with Crippen LogP contribution in [0.1, 0.15) is 27.3 Å². The van der Waals surface area contributed by atoms with Gasteiger partial charge in [-0.25, -0.2) is 4.98 Å². The molecule has 2 heterocycles. The highest BCUT2D eigenvalue weighted by Gasteiger charge is 2.22. The number of hydrogen-bond donors (Lipinski definition) is 2. The van der Waals surface area contributed by atoms with Crippen LogP contribution in [0.5, 0.6) is 5.75 Å². The first-order chi connectivity index (χ1) is 9.65. The molecular weight excluding hydrogens is 254 g/mol. The first kappa shape index (κ1) is 12.7. The van der Waals surface area contributed by atoms with Crippen molar-refractivity contribution in [2.24, 2.45) is 0 Å². The van der Waals surface area contributed by atoms with Gasteiger partial charge in [0.1, 0.15) is 11.4 Å². The number of fused-ring (bicyclic) bond motifs is 1. The predicted molar refractivity (Wildman–Crippen MR) is 74.7 cm³/mol. The quantitative estimate of drug-likeness (QED) is 0.829. The summed E-state index contributed by atoms with van der Waals surface area (Å²) in [6.07, 6.45) is 3.12. The van der Waals surface area contributed by atoms with Gasteiger partial charge in [-0.05, 0) is 43.0 Å². The molecule has 5 nitrogen and oxygen atoms in total. The number of carbonyl (C=O) groups is 1. The summed E-state index contributed by atoms with van der Waals surface area (Å²) in [5.74, 6) is 0.257. The average Bonchev–Trinajstić information content (AvgIpc) is 2.74. The fourth-order valence-electron chi connectivity index (χ4n) is 2.64. The van der Waals surface area contributed by atoms with E-state index in [1.165, 1.54) is 5.56 Å². The van der Waals surface area contributed by atoms with Crippen molar-refractivity contribution in [2.45, 2.75) is 19.8 Å². The molecule has 0 fully saturated rings. The molecule has 2 N–H and O–H groups in total. The number of hydrogen-bond acceptors (Lipinski definition) is 3. The van der Waals surface area contributed by atoms with E-state index in [0.29, 0.717) is 18.8 Å². The van der Waals surface area contributed by atoms with Crippen molar-refractivity contribution in [3.05, 3.63) is 47.0 Å². The molecule has 1 aliphatic heterocycles. The van der Waals surface area contributed by atoms with Crippen molar-refractivity contribution in [3.63, 3.8) is 0 Å². The van der Waals surface area contributed by atoms with Crippen molar-refractivity contribution in [1.82, 2.24) is 14.9 Å². The number of aromatic nitrogens is 2. The highest BCUT2D eigenvalue weighted by atomic mass is 16.3. The van der Waals surface area contributed by atoms with Gasteiger partial charge in [-0.1, -0.05) is 6.07 Å². The molecule has 1 aromatic carbocycles. The maximum absolute atomic E-state index is 12.4. The van der Waals surface area contributed by atoms with Gasteiger partial charge in [-0.15, -0.1) is 0 Å². The number of phenols is 1. The molecule has 0 unspecified atom stereocenters. The molecule has 3 rings (SSSR count). The first-order valence-corrected chi connectivity index (χ1v) is 6.75. The number of benzene rings is 1. The lowest BCUT2D eigenvalue weighted by atomic mass is 10.0. The van der Waals surface area contributed by atoms with E-state index in [-0.39, 0.29) is 11.7 Å². The summed E-state index contributed by atoms with van der Waals surface area (Å²) in [5, 5.41) is 9.55. The van der Waals surface area contributed by atoms with Crippen LogP contribution in [0.3, 0.4) is 0 Å². The molecular formula is C15H17N3O2. The van der Waals surface area contributed by atoms with Crippen LogP contribution in [0.15, 0.2) is 24.5 Å². The summed E-state index contributed by atoms with van der Waals surface area (Å²) in [6.45, 7) is 3.19. The first-order valence-electron chi connectivity index (χ1n) is 6.75. The van der Waals surface area contributed by atoms with Crippen LogP contribution in [0.2, 0.25) is 0 Å². The Morgan fingerprint density at radius 1 is 1.30 bits per heavy atom. The van der Waals surface area contributed by atoms with Crippen LogP contribution >= 0.6 is 0 Å². The van der Waals surface area contributed by atoms with Gasteiger partial charge >= 0.3 is 0 Å². The van der Waals surface area contributed by atoms with Crippen molar-refractivity contribution >= 4 is 5.91 Å². The standard InChI is InChI=1S/C15H17N3O2/c1-10-14(17-9-16-10)15(20)18-6-4-11-2-3-13(19)8-12(11)5-7-18/h2-3,8-9,19H,4-7H2,1H3,(H,16,17). The Morgan fingerprint density at radius 3 is 2.75 bits per heavy atom. The number of H-pyrrole nitrogens is 1. The zero-order valence-corrected chi connectivity index (χ0v) is 11.4. The van der Waals surface area contributed by atoms with Crippen LogP contribution in [0, 0.1) is 6.92 Å². The Morgan fingerprint density at radius 2 is 2.05 bits per heavy atom. The van der Waals surface area contributed by atoms with Gasteiger partial charge in [-0.2, -0.15) is 0 Å². The third kappa shape index (κ3) is 2.27. The second-order valence-corrected chi connectivity index (χ2v) is 5.12. The van der Waals surface area contributed by atoms with Crippen LogP contribution in [0.25, 0.3) is 0 Å². The molecule has 104 valence electrons. The molecule has 0 radical (unpaired) electrons. The van der Waals surface area contributed by atoms with E-state index in [1.54, 1.807) is 18.5 Å². The summed E-state index contributed by atoms with van der Waals surface area (Å²) in [5.41, 5.74) is 3.63. The molecule has 5 heteroatoms. The number of aromatic hydroxyl groups is 1. The normalized spacial score (nSPS) is 14.8. The zero-order valence-electron chi connectivity index (χ0n) is 11.4. The number of phenolic OH excluding ortho intramolecular Hbond substituents is 1. The minimum Gasteiger partial charge on any atom is -0.508 e. The molecule has 0 atom stereocenters. The van der Waals surface area contributed by atoms with Crippen molar-refractivity contribution in [1.29, 1.82) is 0 Å². The number of carbonyl (C=O) groups excluding carboxylic acids is 1. The largest absolute Gasteiger partial charge is 0.508 e. The van der Waals surface area contributed by atoms with Crippen LogP contribution in [-0.4, -0.2) is 39.0 Å². The zero-order chi connectivity index (χ0) is 14.1. The lowest BCUT2D eigenvalue weighted by Gasteiger charge is -2.19. The molecule has 1 aromatic heterocycles. The molecule has 0 saturated heterocycles. The van der Waals surface area contributed by atoms with E-state index >= 15 is 0 Å². The van der Waals surface area contributed by atoms with E-state index in [4.69, 9.17) is 0 Å². The monoisotopic (exact) mass is 271 g/mol. The molecule has 0 bridgehead atoms. The summed E-state index contributed by atoms with van der Waals surface area (Å²) in [7, 11) is 0. The smallest absolute Gasteiger partial charge is 0.274 e. The fraction of sp³-hybridized carbons (Fsp3) is 0.333. The highest BCUT2D eigenvalue weighted by molar-refractivity contribution is 5.93. The lowest BCUT2D eigenvalue weighted by molar-refractivity contribution is 0.0757. The topological polar surface area (TPSA) is 69.2 Å². The van der Waals surface area contributed by atoms with Crippen molar-refractivity contribution in [2.75, 3.05) is 13.1 Å². The Kier molecular flexibility index (Phi) is 3.18. The van der Waals surface area contributed by atoms with Gasteiger partial charge in [-0.3, -0.25) is 4.79 Å². The molecule has 1 amide bonds. The molecule has 0 spiro atoms. The minimum absolute atomic E-state index is 0.0271. The number of amides is 1. The Balaban J connectivity index is 1.80. The molecule has 20 heavy (non-hydrogen) atoms. The van der Waals surface area contributed by atoms with E-state index in [1.807, 2.05) is 17.9 Å². The number of aromatic amines is 1. The van der Waals surface area contributed by atoms with Crippen LogP contribution in [-0.2, 0) is 12.8 Å². The summed E-state index contributed by atoms with van der Waals surface area (Å²) in [6, 6.07) is 5.44. The van der Waals surface area contributed by atoms with E-state index in [9.17, 15) is 9.90 Å². The van der Waals surface area contributed by atoms with Gasteiger partial charge in [0.25, 0.3) is 5.91 Å². The Bertz CT molecular complexity index is 648.